The molecular weight excluding hydrogens is 162 g/mol. The highest BCUT2D eigenvalue weighted by Gasteiger charge is 2.32. The molecule has 0 spiro atoms. The number of hydrogen-bond donors (Lipinski definition) is 1. The lowest BCUT2D eigenvalue weighted by molar-refractivity contribution is -0.00784. The highest BCUT2D eigenvalue weighted by Crippen LogP contribution is 2.24. The molecule has 0 aromatic rings. The quantitative estimate of drug-likeness (QED) is 0.664. The van der Waals surface area contributed by atoms with E-state index in [1.54, 1.807) is 0 Å². The molecule has 0 radical (unpaired) electrons. The Labute approximate surface area is 79.7 Å². The first-order chi connectivity index (χ1) is 6.17. The van der Waals surface area contributed by atoms with Gasteiger partial charge in [0.2, 0.25) is 0 Å². The van der Waals surface area contributed by atoms with Crippen LogP contribution in [0.25, 0.3) is 0 Å². The van der Waals surface area contributed by atoms with Crippen LogP contribution in [0, 0.1) is 0 Å². The maximum Gasteiger partial charge on any atom is 0.114 e. The molecule has 0 aromatic heterocycles. The molecule has 1 heterocycles. The molecule has 1 aliphatic carbocycles. The van der Waals surface area contributed by atoms with E-state index in [4.69, 9.17) is 4.74 Å². The number of allylic oxidation sites excluding steroid dienone is 2. The Hall–Kier alpha value is -0.600. The molecule has 0 bridgehead atoms. The van der Waals surface area contributed by atoms with E-state index in [-0.39, 0.29) is 11.8 Å². The van der Waals surface area contributed by atoms with E-state index in [1.165, 1.54) is 12.0 Å². The summed E-state index contributed by atoms with van der Waals surface area (Å²) in [6.07, 6.45) is 9.29. The predicted molar refractivity (Wildman–Crippen MR) is 53.4 cm³/mol. The van der Waals surface area contributed by atoms with Crippen molar-refractivity contribution in [2.24, 2.45) is 0 Å². The van der Waals surface area contributed by atoms with Gasteiger partial charge in [-0.15, -0.1) is 0 Å². The normalized spacial score (nSPS) is 31.8. The first-order valence-electron chi connectivity index (χ1n) is 4.97. The minimum Gasteiger partial charge on any atom is -0.352 e. The molecule has 1 aliphatic heterocycles. The highest BCUT2D eigenvalue weighted by molar-refractivity contribution is 5.27. The van der Waals surface area contributed by atoms with E-state index >= 15 is 0 Å². The Morgan fingerprint density at radius 1 is 1.46 bits per heavy atom. The van der Waals surface area contributed by atoms with Crippen molar-refractivity contribution in [3.63, 3.8) is 0 Å². The predicted octanol–water partition coefficient (Wildman–Crippen LogP) is 1.99. The van der Waals surface area contributed by atoms with Gasteiger partial charge in [0.05, 0.1) is 6.10 Å². The van der Waals surface area contributed by atoms with Gasteiger partial charge in [-0.2, -0.15) is 0 Å². The van der Waals surface area contributed by atoms with Gasteiger partial charge in [-0.25, -0.2) is 0 Å². The van der Waals surface area contributed by atoms with E-state index in [0.717, 1.165) is 13.0 Å². The lowest BCUT2D eigenvalue weighted by Crippen LogP contribution is -2.33. The third-order valence-electron chi connectivity index (χ3n) is 2.55. The van der Waals surface area contributed by atoms with E-state index in [2.05, 4.69) is 37.4 Å². The second kappa shape index (κ2) is 3.28. The fourth-order valence-electron chi connectivity index (χ4n) is 1.84. The Kier molecular flexibility index (Phi) is 2.26. The van der Waals surface area contributed by atoms with E-state index in [9.17, 15) is 0 Å². The summed E-state index contributed by atoms with van der Waals surface area (Å²) in [6, 6.07) is 0. The van der Waals surface area contributed by atoms with E-state index in [1.807, 2.05) is 0 Å². The second-order valence-electron chi connectivity index (χ2n) is 4.18. The fraction of sp³-hybridized carbons (Fsp3) is 0.636. The topological polar surface area (TPSA) is 21.3 Å². The molecule has 1 N–H and O–H groups in total. The molecule has 2 heteroatoms. The van der Waals surface area contributed by atoms with Crippen molar-refractivity contribution in [2.75, 3.05) is 6.54 Å². The highest BCUT2D eigenvalue weighted by atomic mass is 16.5. The SMILES string of the molecule is CC1(C)NCC(C2=CCCC=C2)O1. The molecule has 13 heavy (non-hydrogen) atoms. The van der Waals surface area contributed by atoms with Gasteiger partial charge in [0.25, 0.3) is 0 Å². The molecule has 1 saturated heterocycles. The lowest BCUT2D eigenvalue weighted by Gasteiger charge is -2.19. The minimum absolute atomic E-state index is 0.156. The van der Waals surface area contributed by atoms with Crippen LogP contribution in [0.5, 0.6) is 0 Å². The second-order valence-corrected chi connectivity index (χ2v) is 4.18. The molecule has 2 aliphatic rings. The van der Waals surface area contributed by atoms with Crippen LogP contribution in [-0.4, -0.2) is 18.4 Å². The summed E-state index contributed by atoms with van der Waals surface area (Å²) in [5.41, 5.74) is 1.18. The third kappa shape index (κ3) is 2.01. The van der Waals surface area contributed by atoms with Gasteiger partial charge in [-0.3, -0.25) is 5.32 Å². The largest absolute Gasteiger partial charge is 0.352 e. The summed E-state index contributed by atoms with van der Waals surface area (Å²) in [4.78, 5) is 0. The third-order valence-corrected chi connectivity index (χ3v) is 2.55. The standard InChI is InChI=1S/C11H17NO/c1-11(2)12-8-10(13-11)9-6-4-3-5-7-9/h4,6-7,10,12H,3,5,8H2,1-2H3. The molecule has 0 aromatic carbocycles. The van der Waals surface area contributed by atoms with Crippen molar-refractivity contribution >= 4 is 0 Å². The Balaban J connectivity index is 2.03. The number of ether oxygens (including phenoxy) is 1. The summed E-state index contributed by atoms with van der Waals surface area (Å²) in [7, 11) is 0. The maximum atomic E-state index is 5.86. The van der Waals surface area contributed by atoms with Crippen LogP contribution in [0.1, 0.15) is 26.7 Å². The summed E-state index contributed by atoms with van der Waals surface area (Å²) < 4.78 is 5.86. The van der Waals surface area contributed by atoms with Crippen LogP contribution in [0.3, 0.4) is 0 Å². The Bertz CT molecular complexity index is 253. The first-order valence-corrected chi connectivity index (χ1v) is 4.97. The van der Waals surface area contributed by atoms with Crippen LogP contribution in [0.15, 0.2) is 23.8 Å². The molecule has 0 saturated carbocycles. The maximum absolute atomic E-state index is 5.86. The van der Waals surface area contributed by atoms with Crippen LogP contribution in [0.4, 0.5) is 0 Å². The van der Waals surface area contributed by atoms with Crippen molar-refractivity contribution in [1.29, 1.82) is 0 Å². The summed E-state index contributed by atoms with van der Waals surface area (Å²) in [5, 5.41) is 3.35. The molecule has 72 valence electrons. The average Bonchev–Trinajstić information content (AvgIpc) is 2.48. The van der Waals surface area contributed by atoms with Crippen molar-refractivity contribution in [2.45, 2.75) is 38.5 Å². The molecule has 2 rings (SSSR count). The van der Waals surface area contributed by atoms with Gasteiger partial charge in [0.15, 0.2) is 0 Å². The van der Waals surface area contributed by atoms with Crippen LogP contribution in [0.2, 0.25) is 0 Å². The average molecular weight is 179 g/mol. The zero-order valence-electron chi connectivity index (χ0n) is 8.34. The van der Waals surface area contributed by atoms with Gasteiger partial charge in [-0.05, 0) is 32.3 Å². The van der Waals surface area contributed by atoms with Crippen molar-refractivity contribution in [3.05, 3.63) is 23.8 Å². The van der Waals surface area contributed by atoms with Crippen molar-refractivity contribution in [3.8, 4) is 0 Å². The lowest BCUT2D eigenvalue weighted by atomic mass is 10.0. The zero-order chi connectivity index (χ0) is 9.31. The van der Waals surface area contributed by atoms with E-state index in [0.29, 0.717) is 0 Å². The van der Waals surface area contributed by atoms with Crippen LogP contribution >= 0.6 is 0 Å². The molecule has 2 nitrogen and oxygen atoms in total. The smallest absolute Gasteiger partial charge is 0.114 e. The van der Waals surface area contributed by atoms with Gasteiger partial charge >= 0.3 is 0 Å². The first kappa shape index (κ1) is 8.97. The fourth-order valence-corrected chi connectivity index (χ4v) is 1.84. The Morgan fingerprint density at radius 2 is 2.31 bits per heavy atom. The van der Waals surface area contributed by atoms with Crippen molar-refractivity contribution < 1.29 is 4.74 Å². The van der Waals surface area contributed by atoms with Gasteiger partial charge in [-0.1, -0.05) is 18.2 Å². The molecule has 1 unspecified atom stereocenters. The molecule has 1 atom stereocenters. The zero-order valence-corrected chi connectivity index (χ0v) is 8.34. The monoisotopic (exact) mass is 179 g/mol. The van der Waals surface area contributed by atoms with Crippen LogP contribution in [-0.2, 0) is 4.74 Å². The summed E-state index contributed by atoms with van der Waals surface area (Å²) in [6.45, 7) is 5.07. The van der Waals surface area contributed by atoms with Gasteiger partial charge in [0, 0.05) is 6.54 Å². The summed E-state index contributed by atoms with van der Waals surface area (Å²) in [5.74, 6) is 0. The molecule has 0 amide bonds. The minimum atomic E-state index is -0.156. The van der Waals surface area contributed by atoms with Crippen LogP contribution < -0.4 is 5.32 Å². The van der Waals surface area contributed by atoms with E-state index < -0.39 is 0 Å². The molecule has 1 fully saturated rings. The van der Waals surface area contributed by atoms with Gasteiger partial charge < -0.3 is 4.74 Å². The molecular formula is C11H17NO. The van der Waals surface area contributed by atoms with Crippen molar-refractivity contribution in [1.82, 2.24) is 5.32 Å². The van der Waals surface area contributed by atoms with Gasteiger partial charge in [0.1, 0.15) is 5.72 Å². The number of nitrogens with one attached hydrogen (secondary N) is 1. The summed E-state index contributed by atoms with van der Waals surface area (Å²) >= 11 is 0. The number of rotatable bonds is 1. The Morgan fingerprint density at radius 3 is 2.85 bits per heavy atom. The number of hydrogen-bond acceptors (Lipinski definition) is 2.